The minimum atomic E-state index is -0.437. The van der Waals surface area contributed by atoms with Crippen LogP contribution in [0.5, 0.6) is 5.75 Å². The Kier molecular flexibility index (Phi) is 3.83. The molecule has 0 fully saturated rings. The van der Waals surface area contributed by atoms with E-state index in [9.17, 15) is 9.90 Å². The quantitative estimate of drug-likeness (QED) is 0.665. The van der Waals surface area contributed by atoms with Crippen LogP contribution in [0.3, 0.4) is 0 Å². The van der Waals surface area contributed by atoms with Crippen molar-refractivity contribution in [3.8, 4) is 5.75 Å². The predicted molar refractivity (Wildman–Crippen MR) is 95.1 cm³/mol. The molecule has 1 aliphatic rings. The third kappa shape index (κ3) is 2.50. The highest BCUT2D eigenvalue weighted by molar-refractivity contribution is 8.00. The number of nitrogens with one attached hydrogen (secondary N) is 1. The van der Waals surface area contributed by atoms with Crippen molar-refractivity contribution in [2.24, 2.45) is 0 Å². The van der Waals surface area contributed by atoms with Gasteiger partial charge in [0.2, 0.25) is 5.13 Å². The van der Waals surface area contributed by atoms with E-state index in [-0.39, 0.29) is 11.7 Å². The molecule has 1 aromatic carbocycles. The van der Waals surface area contributed by atoms with Crippen LogP contribution < -0.4 is 4.90 Å². The molecular formula is C15H10N4O2S3. The molecular weight excluding hydrogens is 364 g/mol. The Morgan fingerprint density at radius 1 is 1.25 bits per heavy atom. The van der Waals surface area contributed by atoms with E-state index in [0.29, 0.717) is 25.2 Å². The maximum Gasteiger partial charge on any atom is 0.262 e. The molecule has 24 heavy (non-hydrogen) atoms. The number of phenols is 1. The summed E-state index contributed by atoms with van der Waals surface area (Å²) in [6, 6.07) is 10.4. The van der Waals surface area contributed by atoms with E-state index in [1.165, 1.54) is 23.1 Å². The highest BCUT2D eigenvalue weighted by Crippen LogP contribution is 2.49. The summed E-state index contributed by atoms with van der Waals surface area (Å²) >= 11 is 7.68. The fraction of sp³-hybridized carbons (Fsp3) is 0.0667. The minimum Gasteiger partial charge on any atom is -0.507 e. The lowest BCUT2D eigenvalue weighted by Gasteiger charge is -2.33. The summed E-state index contributed by atoms with van der Waals surface area (Å²) < 4.78 is 0.490. The van der Waals surface area contributed by atoms with Gasteiger partial charge in [-0.25, -0.2) is 0 Å². The minimum absolute atomic E-state index is 0.0843. The van der Waals surface area contributed by atoms with Gasteiger partial charge in [-0.1, -0.05) is 35.2 Å². The number of phenolic OH excluding ortho intramolecular Hbond substituents is 1. The first kappa shape index (κ1) is 15.3. The van der Waals surface area contributed by atoms with Crippen LogP contribution in [0, 0.1) is 3.95 Å². The number of carbonyl (C=O) groups is 1. The Morgan fingerprint density at radius 3 is 2.83 bits per heavy atom. The molecule has 4 rings (SSSR count). The zero-order valence-corrected chi connectivity index (χ0v) is 14.5. The van der Waals surface area contributed by atoms with E-state index < -0.39 is 5.37 Å². The summed E-state index contributed by atoms with van der Waals surface area (Å²) in [5, 5.41) is 17.0. The number of fused-ring (bicyclic) bond motifs is 1. The van der Waals surface area contributed by atoms with Crippen LogP contribution in [0.4, 0.5) is 5.13 Å². The fourth-order valence-electron chi connectivity index (χ4n) is 2.44. The molecule has 1 unspecified atom stereocenters. The normalized spacial score (nSPS) is 16.9. The number of benzene rings is 1. The molecule has 1 aliphatic heterocycles. The molecule has 0 radical (unpaired) electrons. The van der Waals surface area contributed by atoms with E-state index in [0.717, 1.165) is 0 Å². The molecule has 2 aromatic heterocycles. The van der Waals surface area contributed by atoms with E-state index in [1.54, 1.807) is 29.3 Å². The van der Waals surface area contributed by atoms with Crippen molar-refractivity contribution in [1.82, 2.24) is 15.2 Å². The highest BCUT2D eigenvalue weighted by Gasteiger charge is 2.38. The number of anilines is 1. The van der Waals surface area contributed by atoms with Crippen molar-refractivity contribution in [3.63, 3.8) is 0 Å². The number of aromatic amines is 1. The Hall–Kier alpha value is -2.23. The summed E-state index contributed by atoms with van der Waals surface area (Å²) in [6.07, 6.45) is 1.67. The van der Waals surface area contributed by atoms with Gasteiger partial charge in [0, 0.05) is 6.20 Å². The number of hydrogen-bond donors (Lipinski definition) is 2. The smallest absolute Gasteiger partial charge is 0.262 e. The number of aromatic nitrogens is 3. The first-order valence-electron chi connectivity index (χ1n) is 6.94. The number of thioether (sulfide) groups is 1. The number of nitrogens with zero attached hydrogens (tertiary/aromatic N) is 3. The monoisotopic (exact) mass is 374 g/mol. The van der Waals surface area contributed by atoms with Crippen LogP contribution >= 0.6 is 35.3 Å². The predicted octanol–water partition coefficient (Wildman–Crippen LogP) is 3.75. The molecule has 1 atom stereocenters. The number of amides is 1. The van der Waals surface area contributed by atoms with E-state index in [4.69, 9.17) is 12.2 Å². The van der Waals surface area contributed by atoms with Crippen molar-refractivity contribution < 1.29 is 9.90 Å². The third-order valence-electron chi connectivity index (χ3n) is 3.48. The van der Waals surface area contributed by atoms with Crippen molar-refractivity contribution in [2.75, 3.05) is 4.90 Å². The molecule has 6 nitrogen and oxygen atoms in total. The Balaban J connectivity index is 1.90. The maximum atomic E-state index is 13.1. The number of carbonyl (C=O) groups excluding carboxylic acids is 1. The second kappa shape index (κ2) is 6.00. The van der Waals surface area contributed by atoms with Crippen LogP contribution in [0.2, 0.25) is 0 Å². The molecule has 9 heteroatoms. The van der Waals surface area contributed by atoms with Crippen molar-refractivity contribution in [3.05, 3.63) is 57.8 Å². The number of pyridine rings is 1. The molecule has 0 saturated carbocycles. The molecule has 3 heterocycles. The van der Waals surface area contributed by atoms with Gasteiger partial charge in [0.05, 0.1) is 16.2 Å². The second-order valence-corrected chi connectivity index (χ2v) is 7.68. The Labute approximate surface area is 150 Å². The molecule has 0 spiro atoms. The van der Waals surface area contributed by atoms with Gasteiger partial charge >= 0.3 is 0 Å². The number of H-pyrrole nitrogens is 1. The number of rotatable bonds is 2. The van der Waals surface area contributed by atoms with Crippen molar-refractivity contribution in [2.45, 2.75) is 10.3 Å². The van der Waals surface area contributed by atoms with Gasteiger partial charge < -0.3 is 5.11 Å². The number of hydrogen-bond acceptors (Lipinski definition) is 7. The lowest BCUT2D eigenvalue weighted by Crippen LogP contribution is -2.37. The SMILES string of the molecule is O=C1c2cccc(O)c2SC(c2ccccn2)N1c1n[nH]c(=S)s1. The van der Waals surface area contributed by atoms with Gasteiger partial charge in [-0.3, -0.25) is 19.8 Å². The lowest BCUT2D eigenvalue weighted by atomic mass is 10.1. The summed E-state index contributed by atoms with van der Waals surface area (Å²) in [7, 11) is 0. The van der Waals surface area contributed by atoms with E-state index in [2.05, 4.69) is 15.2 Å². The third-order valence-corrected chi connectivity index (χ3v) is 5.91. The summed E-state index contributed by atoms with van der Waals surface area (Å²) in [4.78, 5) is 19.5. The lowest BCUT2D eigenvalue weighted by molar-refractivity contribution is 0.0977. The fourth-order valence-corrected chi connectivity index (χ4v) is 4.67. The first-order chi connectivity index (χ1) is 11.6. The largest absolute Gasteiger partial charge is 0.507 e. The van der Waals surface area contributed by atoms with Gasteiger partial charge in [-0.15, -0.1) is 5.10 Å². The van der Waals surface area contributed by atoms with E-state index >= 15 is 0 Å². The van der Waals surface area contributed by atoms with Crippen LogP contribution in [0.15, 0.2) is 47.5 Å². The first-order valence-corrected chi connectivity index (χ1v) is 9.04. The molecule has 0 bridgehead atoms. The van der Waals surface area contributed by atoms with Crippen molar-refractivity contribution in [1.29, 1.82) is 0 Å². The van der Waals surface area contributed by atoms with Crippen LogP contribution in [-0.4, -0.2) is 26.2 Å². The maximum absolute atomic E-state index is 13.1. The van der Waals surface area contributed by atoms with Gasteiger partial charge in [-0.05, 0) is 36.5 Å². The summed E-state index contributed by atoms with van der Waals surface area (Å²) in [5.41, 5.74) is 1.14. The Bertz CT molecular complexity index is 970. The summed E-state index contributed by atoms with van der Waals surface area (Å²) in [6.45, 7) is 0. The van der Waals surface area contributed by atoms with Crippen molar-refractivity contribution >= 4 is 46.4 Å². The topological polar surface area (TPSA) is 82.1 Å². The van der Waals surface area contributed by atoms with Gasteiger partial charge in [-0.2, -0.15) is 0 Å². The second-order valence-electron chi connectivity index (χ2n) is 4.95. The van der Waals surface area contributed by atoms with Crippen LogP contribution in [0.25, 0.3) is 0 Å². The average molecular weight is 374 g/mol. The number of aromatic hydroxyl groups is 1. The Morgan fingerprint density at radius 2 is 2.12 bits per heavy atom. The van der Waals surface area contributed by atoms with Crippen LogP contribution in [-0.2, 0) is 0 Å². The molecule has 0 saturated heterocycles. The standard InChI is InChI=1S/C15H10N4O2S3/c20-10-6-3-4-8-11(10)23-13(9-5-1-2-7-16-9)19(12(8)21)14-17-18-15(22)24-14/h1-7,13,20H,(H,18,22). The highest BCUT2D eigenvalue weighted by atomic mass is 32.2. The van der Waals surface area contributed by atoms with Gasteiger partial charge in [0.25, 0.3) is 5.91 Å². The van der Waals surface area contributed by atoms with Crippen LogP contribution in [0.1, 0.15) is 21.4 Å². The summed E-state index contributed by atoms with van der Waals surface area (Å²) in [5.74, 6) is -0.158. The molecule has 2 N–H and O–H groups in total. The average Bonchev–Trinajstić information content (AvgIpc) is 3.02. The van der Waals surface area contributed by atoms with Gasteiger partial charge in [0.15, 0.2) is 3.95 Å². The molecule has 120 valence electrons. The molecule has 3 aromatic rings. The van der Waals surface area contributed by atoms with Gasteiger partial charge in [0.1, 0.15) is 11.1 Å². The van der Waals surface area contributed by atoms with E-state index in [1.807, 2.05) is 18.2 Å². The molecule has 0 aliphatic carbocycles. The molecule has 1 amide bonds. The zero-order chi connectivity index (χ0) is 16.7. The zero-order valence-electron chi connectivity index (χ0n) is 12.0.